The Hall–Kier alpha value is -3.41. The number of nitrogens with zero attached hydrogens (tertiary/aromatic N) is 6. The highest BCUT2D eigenvalue weighted by molar-refractivity contribution is 5.83. The predicted molar refractivity (Wildman–Crippen MR) is 109 cm³/mol. The lowest BCUT2D eigenvalue weighted by atomic mass is 9.81. The molecule has 31 heavy (non-hydrogen) atoms. The van der Waals surface area contributed by atoms with Gasteiger partial charge in [0.15, 0.2) is 0 Å². The van der Waals surface area contributed by atoms with Crippen molar-refractivity contribution in [2.45, 2.75) is 31.7 Å². The number of benzene rings is 1. The van der Waals surface area contributed by atoms with Gasteiger partial charge < -0.3 is 9.74 Å². The first kappa shape index (κ1) is 19.5. The lowest BCUT2D eigenvalue weighted by Gasteiger charge is -2.39. The first-order valence-corrected chi connectivity index (χ1v) is 10.3. The molecule has 5 rings (SSSR count). The van der Waals surface area contributed by atoms with E-state index in [0.717, 1.165) is 18.9 Å². The fourth-order valence-corrected chi connectivity index (χ4v) is 4.77. The van der Waals surface area contributed by atoms with Gasteiger partial charge in [-0.1, -0.05) is 11.6 Å². The zero-order valence-electron chi connectivity index (χ0n) is 16.7. The number of rotatable bonds is 3. The quantitative estimate of drug-likeness (QED) is 0.705. The van der Waals surface area contributed by atoms with E-state index in [9.17, 15) is 13.6 Å². The van der Waals surface area contributed by atoms with Crippen molar-refractivity contribution in [1.29, 1.82) is 0 Å². The Morgan fingerprint density at radius 3 is 2.71 bits per heavy atom. The van der Waals surface area contributed by atoms with Crippen LogP contribution < -0.4 is 4.90 Å². The molecule has 1 aromatic carbocycles. The second-order valence-corrected chi connectivity index (χ2v) is 8.39. The standard InChI is InChI=1S/C22H20F2N6O/c1-25-19-3-7-26-21(28-19)29-9-4-17(22(13-29)5-6-22)20(31)30-18(2-8-27-30)14-10-15(23)12-16(24)11-14/h3,7-8,10-12,17-18H,2,4-6,9,13H2. The molecule has 9 heteroatoms. The molecule has 0 N–H and O–H groups in total. The summed E-state index contributed by atoms with van der Waals surface area (Å²) in [7, 11) is 0. The first-order valence-electron chi connectivity index (χ1n) is 10.3. The van der Waals surface area contributed by atoms with Gasteiger partial charge >= 0.3 is 5.95 Å². The molecule has 158 valence electrons. The molecule has 1 amide bonds. The Morgan fingerprint density at radius 2 is 2.00 bits per heavy atom. The second kappa shape index (κ2) is 7.38. The van der Waals surface area contributed by atoms with Gasteiger partial charge in [0, 0.05) is 43.9 Å². The number of piperidine rings is 1. The average molecular weight is 422 g/mol. The van der Waals surface area contributed by atoms with E-state index in [1.807, 2.05) is 4.90 Å². The molecular formula is C22H20F2N6O. The summed E-state index contributed by atoms with van der Waals surface area (Å²) in [5.74, 6) is -0.839. The van der Waals surface area contributed by atoms with E-state index in [1.165, 1.54) is 17.1 Å². The number of carbonyl (C=O) groups excluding carboxylic acids is 1. The van der Waals surface area contributed by atoms with Crippen LogP contribution in [-0.2, 0) is 4.79 Å². The SMILES string of the molecule is [C-]#[N+]c1ccnc(N2CCC(C(=O)N3N=CCC3c3cc(F)cc(F)c3)C3(CC3)C2)n1. The molecule has 1 aromatic heterocycles. The van der Waals surface area contributed by atoms with Crippen LogP contribution in [0.2, 0.25) is 0 Å². The smallest absolute Gasteiger partial charge is 0.322 e. The zero-order valence-corrected chi connectivity index (χ0v) is 16.7. The maximum absolute atomic E-state index is 13.7. The normalized spacial score (nSPS) is 23.8. The molecule has 2 aliphatic heterocycles. The van der Waals surface area contributed by atoms with Gasteiger partial charge in [-0.25, -0.2) is 18.8 Å². The van der Waals surface area contributed by atoms with Gasteiger partial charge in [0.1, 0.15) is 11.6 Å². The maximum atomic E-state index is 13.7. The van der Waals surface area contributed by atoms with Crippen molar-refractivity contribution in [3.63, 3.8) is 0 Å². The van der Waals surface area contributed by atoms with Crippen LogP contribution in [0.5, 0.6) is 0 Å². The van der Waals surface area contributed by atoms with E-state index < -0.39 is 17.7 Å². The van der Waals surface area contributed by atoms with Crippen LogP contribution in [-0.4, -0.2) is 40.2 Å². The highest BCUT2D eigenvalue weighted by atomic mass is 19.1. The molecule has 0 bridgehead atoms. The van der Waals surface area contributed by atoms with Crippen molar-refractivity contribution in [3.8, 4) is 0 Å². The summed E-state index contributed by atoms with van der Waals surface area (Å²) in [6.07, 6.45) is 6.08. The molecule has 1 spiro atoms. The Balaban J connectivity index is 1.35. The molecular weight excluding hydrogens is 402 g/mol. The molecule has 2 fully saturated rings. The van der Waals surface area contributed by atoms with Crippen LogP contribution in [0.15, 0.2) is 35.6 Å². The highest BCUT2D eigenvalue weighted by Crippen LogP contribution is 2.57. The number of aromatic nitrogens is 2. The van der Waals surface area contributed by atoms with Crippen molar-refractivity contribution >= 4 is 23.9 Å². The van der Waals surface area contributed by atoms with Crippen molar-refractivity contribution in [2.24, 2.45) is 16.4 Å². The van der Waals surface area contributed by atoms with Gasteiger partial charge in [0.05, 0.1) is 6.04 Å². The number of amides is 1. The average Bonchev–Trinajstić information content (AvgIpc) is 3.34. The topological polar surface area (TPSA) is 66.1 Å². The molecule has 2 aromatic rings. The van der Waals surface area contributed by atoms with Crippen molar-refractivity contribution in [2.75, 3.05) is 18.0 Å². The zero-order chi connectivity index (χ0) is 21.6. The summed E-state index contributed by atoms with van der Waals surface area (Å²) in [6, 6.07) is 4.43. The van der Waals surface area contributed by atoms with Crippen LogP contribution in [0.4, 0.5) is 20.5 Å². The molecule has 1 saturated heterocycles. The third-order valence-corrected chi connectivity index (χ3v) is 6.47. The molecule has 2 atom stereocenters. The van der Waals surface area contributed by atoms with E-state index in [4.69, 9.17) is 6.57 Å². The number of hydrogen-bond acceptors (Lipinski definition) is 5. The molecule has 3 heterocycles. The van der Waals surface area contributed by atoms with Gasteiger partial charge in [0.2, 0.25) is 5.91 Å². The number of anilines is 1. The number of carbonyl (C=O) groups is 1. The minimum absolute atomic E-state index is 0.101. The molecule has 7 nitrogen and oxygen atoms in total. The van der Waals surface area contributed by atoms with E-state index in [-0.39, 0.29) is 17.2 Å². The summed E-state index contributed by atoms with van der Waals surface area (Å²) < 4.78 is 27.5. The van der Waals surface area contributed by atoms with E-state index >= 15 is 0 Å². The Kier molecular flexibility index (Phi) is 4.65. The lowest BCUT2D eigenvalue weighted by Crippen LogP contribution is -2.48. The number of halogens is 2. The Bertz CT molecular complexity index is 1090. The van der Waals surface area contributed by atoms with Crippen molar-refractivity contribution in [1.82, 2.24) is 15.0 Å². The van der Waals surface area contributed by atoms with E-state index in [0.29, 0.717) is 43.3 Å². The van der Waals surface area contributed by atoms with Gasteiger partial charge in [0.25, 0.3) is 5.82 Å². The molecule has 1 aliphatic carbocycles. The monoisotopic (exact) mass is 422 g/mol. The second-order valence-electron chi connectivity index (χ2n) is 8.39. The largest absolute Gasteiger partial charge is 0.360 e. The molecule has 3 aliphatic rings. The van der Waals surface area contributed by atoms with Crippen LogP contribution in [0, 0.1) is 29.5 Å². The minimum atomic E-state index is -0.664. The van der Waals surface area contributed by atoms with Crippen molar-refractivity contribution < 1.29 is 13.6 Å². The summed E-state index contributed by atoms with van der Waals surface area (Å²) in [5.41, 5.74) is 0.234. The number of hydrogen-bond donors (Lipinski definition) is 0. The fourth-order valence-electron chi connectivity index (χ4n) is 4.77. The van der Waals surface area contributed by atoms with Crippen LogP contribution in [0.1, 0.15) is 37.3 Å². The van der Waals surface area contributed by atoms with Gasteiger partial charge in [-0.15, -0.1) is 0 Å². The van der Waals surface area contributed by atoms with Gasteiger partial charge in [-0.05, 0) is 48.4 Å². The van der Waals surface area contributed by atoms with Gasteiger partial charge in [-0.3, -0.25) is 4.79 Å². The van der Waals surface area contributed by atoms with Crippen molar-refractivity contribution in [3.05, 3.63) is 59.1 Å². The summed E-state index contributed by atoms with van der Waals surface area (Å²) in [6.45, 7) is 8.38. The third-order valence-electron chi connectivity index (χ3n) is 6.47. The molecule has 2 unspecified atom stereocenters. The Labute approximate surface area is 178 Å². The summed E-state index contributed by atoms with van der Waals surface area (Å²) in [5, 5.41) is 5.67. The summed E-state index contributed by atoms with van der Waals surface area (Å²) >= 11 is 0. The van der Waals surface area contributed by atoms with Crippen LogP contribution >= 0.6 is 0 Å². The van der Waals surface area contributed by atoms with E-state index in [2.05, 4.69) is 19.9 Å². The van der Waals surface area contributed by atoms with Crippen LogP contribution in [0.25, 0.3) is 4.85 Å². The lowest BCUT2D eigenvalue weighted by molar-refractivity contribution is -0.140. The number of hydrazone groups is 1. The fraction of sp³-hybridized carbons (Fsp3) is 0.409. The molecule has 0 radical (unpaired) electrons. The van der Waals surface area contributed by atoms with Gasteiger partial charge in [-0.2, -0.15) is 5.10 Å². The molecule has 1 saturated carbocycles. The Morgan fingerprint density at radius 1 is 1.23 bits per heavy atom. The minimum Gasteiger partial charge on any atom is -0.360 e. The summed E-state index contributed by atoms with van der Waals surface area (Å²) in [4.78, 5) is 27.5. The maximum Gasteiger partial charge on any atom is 0.322 e. The van der Waals surface area contributed by atoms with Crippen LogP contribution in [0.3, 0.4) is 0 Å². The predicted octanol–water partition coefficient (Wildman–Crippen LogP) is 3.87. The van der Waals surface area contributed by atoms with E-state index in [1.54, 1.807) is 18.5 Å². The highest BCUT2D eigenvalue weighted by Gasteiger charge is 2.57. The third kappa shape index (κ3) is 3.52. The first-order chi connectivity index (χ1) is 15.0.